The normalized spacial score (nSPS) is 15.2. The van der Waals surface area contributed by atoms with Crippen molar-refractivity contribution in [1.29, 1.82) is 0 Å². The molecule has 0 aliphatic heterocycles. The zero-order valence-corrected chi connectivity index (χ0v) is 9.48. The maximum Gasteiger partial charge on any atom is 0.0827 e. The quantitative estimate of drug-likeness (QED) is 0.712. The zero-order valence-electron chi connectivity index (χ0n) is 9.48. The highest BCUT2D eigenvalue weighted by Gasteiger charge is 2.18. The Morgan fingerprint density at radius 2 is 2.33 bits per heavy atom. The van der Waals surface area contributed by atoms with Gasteiger partial charge in [-0.25, -0.2) is 4.68 Å². The molecule has 15 heavy (non-hydrogen) atoms. The molecule has 0 bridgehead atoms. The summed E-state index contributed by atoms with van der Waals surface area (Å²) in [5.74, 6) is 0. The third-order valence-corrected chi connectivity index (χ3v) is 2.49. The summed E-state index contributed by atoms with van der Waals surface area (Å²) in [7, 11) is 0. The van der Waals surface area contributed by atoms with Crippen LogP contribution in [0.15, 0.2) is 6.20 Å². The Labute approximate surface area is 90.3 Å². The van der Waals surface area contributed by atoms with Gasteiger partial charge in [-0.1, -0.05) is 12.1 Å². The SMILES string of the molecule is CCC(C)(O)Cn1cc(CCCN)nn1. The first-order chi connectivity index (χ1) is 7.07. The maximum absolute atomic E-state index is 9.85. The van der Waals surface area contributed by atoms with E-state index in [1.54, 1.807) is 11.6 Å². The first kappa shape index (κ1) is 12.1. The number of aromatic nitrogens is 3. The molecule has 1 unspecified atom stereocenters. The summed E-state index contributed by atoms with van der Waals surface area (Å²) >= 11 is 0. The molecule has 0 spiro atoms. The molecule has 1 rings (SSSR count). The third-order valence-electron chi connectivity index (χ3n) is 2.49. The van der Waals surface area contributed by atoms with Gasteiger partial charge in [-0.3, -0.25) is 0 Å². The van der Waals surface area contributed by atoms with E-state index >= 15 is 0 Å². The number of hydrogen-bond acceptors (Lipinski definition) is 4. The van der Waals surface area contributed by atoms with E-state index < -0.39 is 5.60 Å². The largest absolute Gasteiger partial charge is 0.388 e. The fraction of sp³-hybridized carbons (Fsp3) is 0.800. The second-order valence-electron chi connectivity index (χ2n) is 4.15. The van der Waals surface area contributed by atoms with Gasteiger partial charge in [0.2, 0.25) is 0 Å². The number of aryl methyl sites for hydroxylation is 1. The van der Waals surface area contributed by atoms with Gasteiger partial charge in [-0.2, -0.15) is 0 Å². The van der Waals surface area contributed by atoms with Gasteiger partial charge >= 0.3 is 0 Å². The van der Waals surface area contributed by atoms with E-state index in [9.17, 15) is 5.11 Å². The molecule has 0 fully saturated rings. The highest BCUT2D eigenvalue weighted by Crippen LogP contribution is 2.11. The fourth-order valence-corrected chi connectivity index (χ4v) is 1.27. The highest BCUT2D eigenvalue weighted by atomic mass is 16.3. The summed E-state index contributed by atoms with van der Waals surface area (Å²) in [5, 5.41) is 17.8. The van der Waals surface area contributed by atoms with Crippen LogP contribution in [0.4, 0.5) is 0 Å². The molecule has 0 aliphatic rings. The van der Waals surface area contributed by atoms with Crippen LogP contribution in [0.3, 0.4) is 0 Å². The van der Waals surface area contributed by atoms with Crippen LogP contribution in [0.1, 0.15) is 32.4 Å². The molecule has 0 aliphatic carbocycles. The Hall–Kier alpha value is -0.940. The molecule has 1 aromatic rings. The Kier molecular flexibility index (Phi) is 4.23. The van der Waals surface area contributed by atoms with Crippen molar-refractivity contribution in [3.63, 3.8) is 0 Å². The summed E-state index contributed by atoms with van der Waals surface area (Å²) in [6.45, 7) is 4.90. The summed E-state index contributed by atoms with van der Waals surface area (Å²) in [6.07, 6.45) is 4.35. The van der Waals surface area contributed by atoms with Gasteiger partial charge in [0, 0.05) is 6.20 Å². The average Bonchev–Trinajstić information content (AvgIpc) is 2.62. The van der Waals surface area contributed by atoms with Crippen molar-refractivity contribution < 1.29 is 5.11 Å². The van der Waals surface area contributed by atoms with Crippen LogP contribution in [0, 0.1) is 0 Å². The summed E-state index contributed by atoms with van der Waals surface area (Å²) in [6, 6.07) is 0. The summed E-state index contributed by atoms with van der Waals surface area (Å²) in [4.78, 5) is 0. The lowest BCUT2D eigenvalue weighted by molar-refractivity contribution is 0.0339. The van der Waals surface area contributed by atoms with Crippen LogP contribution in [-0.2, 0) is 13.0 Å². The van der Waals surface area contributed by atoms with Gasteiger partial charge in [-0.05, 0) is 32.7 Å². The number of nitrogens with two attached hydrogens (primary N) is 1. The molecule has 0 saturated carbocycles. The molecule has 5 heteroatoms. The predicted octanol–water partition coefficient (Wildman–Crippen LogP) is 0.330. The van der Waals surface area contributed by atoms with Gasteiger partial charge in [0.05, 0.1) is 17.8 Å². The molecule has 86 valence electrons. The van der Waals surface area contributed by atoms with Crippen LogP contribution in [0.2, 0.25) is 0 Å². The maximum atomic E-state index is 9.85. The molecule has 1 heterocycles. The lowest BCUT2D eigenvalue weighted by atomic mass is 10.0. The van der Waals surface area contributed by atoms with Gasteiger partial charge in [0.15, 0.2) is 0 Å². The first-order valence-electron chi connectivity index (χ1n) is 5.39. The summed E-state index contributed by atoms with van der Waals surface area (Å²) < 4.78 is 1.69. The van der Waals surface area contributed by atoms with Crippen molar-refractivity contribution >= 4 is 0 Å². The van der Waals surface area contributed by atoms with E-state index in [-0.39, 0.29) is 0 Å². The lowest BCUT2D eigenvalue weighted by Gasteiger charge is -2.20. The first-order valence-corrected chi connectivity index (χ1v) is 5.39. The van der Waals surface area contributed by atoms with Crippen molar-refractivity contribution in [2.24, 2.45) is 5.73 Å². The molecule has 5 nitrogen and oxygen atoms in total. The highest BCUT2D eigenvalue weighted by molar-refractivity contribution is 4.93. The minimum Gasteiger partial charge on any atom is -0.388 e. The molecule has 0 radical (unpaired) electrons. The molecular weight excluding hydrogens is 192 g/mol. The monoisotopic (exact) mass is 212 g/mol. The number of rotatable bonds is 6. The Bertz CT molecular complexity index is 295. The van der Waals surface area contributed by atoms with Gasteiger partial charge in [-0.15, -0.1) is 5.10 Å². The molecule has 0 aromatic carbocycles. The van der Waals surface area contributed by atoms with Gasteiger partial charge in [0.1, 0.15) is 0 Å². The van der Waals surface area contributed by atoms with Crippen molar-refractivity contribution in [1.82, 2.24) is 15.0 Å². The minimum absolute atomic E-state index is 0.485. The van der Waals surface area contributed by atoms with Crippen molar-refractivity contribution in [2.45, 2.75) is 45.3 Å². The van der Waals surface area contributed by atoms with E-state index in [1.165, 1.54) is 0 Å². The minimum atomic E-state index is -0.709. The molecule has 1 atom stereocenters. The van der Waals surface area contributed by atoms with Gasteiger partial charge in [0.25, 0.3) is 0 Å². The zero-order chi connectivity index (χ0) is 11.3. The Balaban J connectivity index is 2.52. The predicted molar refractivity (Wildman–Crippen MR) is 58.3 cm³/mol. The average molecular weight is 212 g/mol. The van der Waals surface area contributed by atoms with Crippen LogP contribution >= 0.6 is 0 Å². The Morgan fingerprint density at radius 1 is 1.60 bits per heavy atom. The molecule has 1 aromatic heterocycles. The number of nitrogens with zero attached hydrogens (tertiary/aromatic N) is 3. The van der Waals surface area contributed by atoms with E-state index in [2.05, 4.69) is 10.3 Å². The van der Waals surface area contributed by atoms with E-state index in [0.717, 1.165) is 18.5 Å². The molecule has 0 saturated heterocycles. The molecule has 3 N–H and O–H groups in total. The van der Waals surface area contributed by atoms with E-state index in [4.69, 9.17) is 5.73 Å². The van der Waals surface area contributed by atoms with Crippen LogP contribution < -0.4 is 5.73 Å². The van der Waals surface area contributed by atoms with Crippen LogP contribution in [-0.4, -0.2) is 32.2 Å². The van der Waals surface area contributed by atoms with Crippen LogP contribution in [0.25, 0.3) is 0 Å². The molecular formula is C10H20N4O. The second-order valence-corrected chi connectivity index (χ2v) is 4.15. The smallest absolute Gasteiger partial charge is 0.0827 e. The van der Waals surface area contributed by atoms with Crippen LogP contribution in [0.5, 0.6) is 0 Å². The number of hydrogen-bond donors (Lipinski definition) is 2. The summed E-state index contributed by atoms with van der Waals surface area (Å²) in [5.41, 5.74) is 5.64. The van der Waals surface area contributed by atoms with E-state index in [1.807, 2.05) is 13.1 Å². The van der Waals surface area contributed by atoms with Crippen molar-refractivity contribution in [3.8, 4) is 0 Å². The third kappa shape index (κ3) is 3.97. The topological polar surface area (TPSA) is 77.0 Å². The number of aliphatic hydroxyl groups is 1. The lowest BCUT2D eigenvalue weighted by Crippen LogP contribution is -2.29. The van der Waals surface area contributed by atoms with Gasteiger partial charge < -0.3 is 10.8 Å². The van der Waals surface area contributed by atoms with E-state index in [0.29, 0.717) is 19.5 Å². The van der Waals surface area contributed by atoms with Crippen molar-refractivity contribution in [3.05, 3.63) is 11.9 Å². The Morgan fingerprint density at radius 3 is 2.93 bits per heavy atom. The second kappa shape index (κ2) is 5.23. The van der Waals surface area contributed by atoms with Crippen molar-refractivity contribution in [2.75, 3.05) is 6.54 Å². The fourth-order valence-electron chi connectivity index (χ4n) is 1.27. The molecule has 0 amide bonds. The standard InChI is InChI=1S/C10H20N4O/c1-3-10(2,15)8-14-7-9(12-13-14)5-4-6-11/h7,15H,3-6,8,11H2,1-2H3.